The minimum absolute atomic E-state index is 0.247. The van der Waals surface area contributed by atoms with Crippen LogP contribution < -0.4 is 9.47 Å². The van der Waals surface area contributed by atoms with Gasteiger partial charge in [-0.15, -0.1) is 0 Å². The van der Waals surface area contributed by atoms with E-state index in [4.69, 9.17) is 14.6 Å². The summed E-state index contributed by atoms with van der Waals surface area (Å²) in [6.07, 6.45) is 0.765. The third kappa shape index (κ3) is 1.65. The Morgan fingerprint density at radius 3 is 2.86 bits per heavy atom. The molecule has 0 radical (unpaired) electrons. The first-order chi connectivity index (χ1) is 6.81. The zero-order valence-electron chi connectivity index (χ0n) is 7.62. The molecular weight excluding hydrogens is 187 g/mol. The van der Waals surface area contributed by atoms with E-state index in [-0.39, 0.29) is 6.61 Å². The predicted octanol–water partition coefficient (Wildman–Crippen LogP) is 1.48. The topological polar surface area (TPSA) is 38.7 Å². The van der Waals surface area contributed by atoms with Gasteiger partial charge in [0.05, 0.1) is 19.8 Å². The maximum atomic E-state index is 13.0. The Bertz CT molecular complexity index is 338. The number of aliphatic hydroxyl groups excluding tert-OH is 1. The van der Waals surface area contributed by atoms with Crippen molar-refractivity contribution in [1.82, 2.24) is 0 Å². The minimum Gasteiger partial charge on any atom is -0.489 e. The van der Waals surface area contributed by atoms with E-state index >= 15 is 0 Å². The molecule has 0 fully saturated rings. The van der Waals surface area contributed by atoms with Crippen molar-refractivity contribution < 1.29 is 19.0 Å². The van der Waals surface area contributed by atoms with Gasteiger partial charge in [-0.25, -0.2) is 4.39 Å². The van der Waals surface area contributed by atoms with E-state index in [0.29, 0.717) is 30.3 Å². The SMILES string of the molecule is OCc1cc(F)cc2c1OCCCO2. The summed E-state index contributed by atoms with van der Waals surface area (Å²) in [5.41, 5.74) is 0.432. The standard InChI is InChI=1S/C10H11FO3/c11-8-4-7(6-12)10-9(5-8)13-2-1-3-14-10/h4-5,12H,1-3,6H2. The maximum absolute atomic E-state index is 13.0. The quantitative estimate of drug-likeness (QED) is 0.742. The van der Waals surface area contributed by atoms with Gasteiger partial charge in [0.25, 0.3) is 0 Å². The fraction of sp³-hybridized carbons (Fsp3) is 0.400. The molecule has 0 aromatic heterocycles. The molecule has 0 atom stereocenters. The van der Waals surface area contributed by atoms with Crippen LogP contribution in [0.1, 0.15) is 12.0 Å². The number of halogens is 1. The van der Waals surface area contributed by atoms with Crippen LogP contribution in [-0.2, 0) is 6.61 Å². The number of aliphatic hydroxyl groups is 1. The van der Waals surface area contributed by atoms with E-state index in [1.165, 1.54) is 12.1 Å². The molecule has 4 heteroatoms. The van der Waals surface area contributed by atoms with Crippen LogP contribution in [0.4, 0.5) is 4.39 Å². The van der Waals surface area contributed by atoms with E-state index in [0.717, 1.165) is 6.42 Å². The first kappa shape index (κ1) is 9.27. The number of rotatable bonds is 1. The molecule has 76 valence electrons. The summed E-state index contributed by atoms with van der Waals surface area (Å²) in [5, 5.41) is 9.01. The largest absolute Gasteiger partial charge is 0.489 e. The lowest BCUT2D eigenvalue weighted by atomic mass is 10.2. The number of ether oxygens (including phenoxy) is 2. The predicted molar refractivity (Wildman–Crippen MR) is 47.9 cm³/mol. The number of hydrogen-bond acceptors (Lipinski definition) is 3. The monoisotopic (exact) mass is 198 g/mol. The first-order valence-electron chi connectivity index (χ1n) is 4.50. The third-order valence-electron chi connectivity index (χ3n) is 2.06. The van der Waals surface area contributed by atoms with Crippen molar-refractivity contribution in [3.63, 3.8) is 0 Å². The molecule has 0 aliphatic carbocycles. The molecular formula is C10H11FO3. The number of fused-ring (bicyclic) bond motifs is 1. The fourth-order valence-corrected chi connectivity index (χ4v) is 1.43. The summed E-state index contributed by atoms with van der Waals surface area (Å²) in [5.74, 6) is 0.427. The van der Waals surface area contributed by atoms with Crippen molar-refractivity contribution in [3.05, 3.63) is 23.5 Å². The molecule has 1 aromatic rings. The van der Waals surface area contributed by atoms with Gasteiger partial charge in [0, 0.05) is 18.1 Å². The van der Waals surface area contributed by atoms with Gasteiger partial charge in [-0.3, -0.25) is 0 Å². The van der Waals surface area contributed by atoms with Gasteiger partial charge in [0.1, 0.15) is 5.82 Å². The Hall–Kier alpha value is -1.29. The Kier molecular flexibility index (Phi) is 2.54. The van der Waals surface area contributed by atoms with Crippen molar-refractivity contribution >= 4 is 0 Å². The minimum atomic E-state index is -0.418. The van der Waals surface area contributed by atoms with Gasteiger partial charge < -0.3 is 14.6 Å². The lowest BCUT2D eigenvalue weighted by Gasteiger charge is -2.10. The van der Waals surface area contributed by atoms with Crippen LogP contribution >= 0.6 is 0 Å². The second-order valence-electron chi connectivity index (χ2n) is 3.10. The molecule has 1 aliphatic rings. The molecule has 0 spiro atoms. The highest BCUT2D eigenvalue weighted by molar-refractivity contribution is 5.47. The maximum Gasteiger partial charge on any atom is 0.166 e. The Labute approximate surface area is 81.1 Å². The van der Waals surface area contributed by atoms with Crippen molar-refractivity contribution in [1.29, 1.82) is 0 Å². The summed E-state index contributed by atoms with van der Waals surface area (Å²) in [4.78, 5) is 0. The van der Waals surface area contributed by atoms with Gasteiger partial charge in [-0.05, 0) is 6.07 Å². The van der Waals surface area contributed by atoms with Crippen molar-refractivity contribution in [3.8, 4) is 11.5 Å². The van der Waals surface area contributed by atoms with Crippen LogP contribution in [0.5, 0.6) is 11.5 Å². The van der Waals surface area contributed by atoms with Gasteiger partial charge in [-0.2, -0.15) is 0 Å². The van der Waals surface area contributed by atoms with Crippen molar-refractivity contribution in [2.75, 3.05) is 13.2 Å². The van der Waals surface area contributed by atoms with Gasteiger partial charge in [0.15, 0.2) is 11.5 Å². The van der Waals surface area contributed by atoms with Crippen LogP contribution in [0.3, 0.4) is 0 Å². The second kappa shape index (κ2) is 3.84. The fourth-order valence-electron chi connectivity index (χ4n) is 1.43. The molecule has 1 heterocycles. The molecule has 14 heavy (non-hydrogen) atoms. The second-order valence-corrected chi connectivity index (χ2v) is 3.10. The summed E-state index contributed by atoms with van der Waals surface area (Å²) in [6.45, 7) is 0.802. The van der Waals surface area contributed by atoms with Crippen LogP contribution in [0.25, 0.3) is 0 Å². The van der Waals surface area contributed by atoms with Gasteiger partial charge in [0.2, 0.25) is 0 Å². The molecule has 1 N–H and O–H groups in total. The van der Waals surface area contributed by atoms with Crippen molar-refractivity contribution in [2.24, 2.45) is 0 Å². The average Bonchev–Trinajstić information content (AvgIpc) is 2.41. The van der Waals surface area contributed by atoms with Crippen LogP contribution in [0.2, 0.25) is 0 Å². The lowest BCUT2D eigenvalue weighted by Crippen LogP contribution is -1.98. The van der Waals surface area contributed by atoms with E-state index in [9.17, 15) is 4.39 Å². The van der Waals surface area contributed by atoms with E-state index in [1.54, 1.807) is 0 Å². The Balaban J connectivity index is 2.46. The smallest absolute Gasteiger partial charge is 0.166 e. The average molecular weight is 198 g/mol. The van der Waals surface area contributed by atoms with Crippen LogP contribution in [-0.4, -0.2) is 18.3 Å². The van der Waals surface area contributed by atoms with E-state index < -0.39 is 5.82 Å². The summed E-state index contributed by atoms with van der Waals surface area (Å²) < 4.78 is 23.7. The zero-order valence-corrected chi connectivity index (χ0v) is 7.62. The van der Waals surface area contributed by atoms with Gasteiger partial charge >= 0.3 is 0 Å². The lowest BCUT2D eigenvalue weighted by molar-refractivity contribution is 0.263. The van der Waals surface area contributed by atoms with Crippen molar-refractivity contribution in [2.45, 2.75) is 13.0 Å². The molecule has 0 saturated heterocycles. The molecule has 1 aliphatic heterocycles. The molecule has 0 unspecified atom stereocenters. The Morgan fingerprint density at radius 1 is 1.29 bits per heavy atom. The highest BCUT2D eigenvalue weighted by Crippen LogP contribution is 2.34. The summed E-state index contributed by atoms with van der Waals surface area (Å²) in [6, 6.07) is 2.54. The first-order valence-corrected chi connectivity index (χ1v) is 4.50. The summed E-state index contributed by atoms with van der Waals surface area (Å²) in [7, 11) is 0. The number of hydrogen-bond donors (Lipinski definition) is 1. The highest BCUT2D eigenvalue weighted by atomic mass is 19.1. The normalized spacial score (nSPS) is 15.0. The molecule has 0 bridgehead atoms. The molecule has 3 nitrogen and oxygen atoms in total. The molecule has 1 aromatic carbocycles. The van der Waals surface area contributed by atoms with E-state index in [2.05, 4.69) is 0 Å². The zero-order chi connectivity index (χ0) is 9.97. The van der Waals surface area contributed by atoms with E-state index in [1.807, 2.05) is 0 Å². The molecule has 2 rings (SSSR count). The molecule has 0 saturated carbocycles. The number of benzene rings is 1. The third-order valence-corrected chi connectivity index (χ3v) is 2.06. The summed E-state index contributed by atoms with van der Waals surface area (Å²) >= 11 is 0. The molecule has 0 amide bonds. The van der Waals surface area contributed by atoms with Crippen LogP contribution in [0.15, 0.2) is 12.1 Å². The Morgan fingerprint density at radius 2 is 2.07 bits per heavy atom. The van der Waals surface area contributed by atoms with Gasteiger partial charge in [-0.1, -0.05) is 0 Å². The highest BCUT2D eigenvalue weighted by Gasteiger charge is 2.15. The van der Waals surface area contributed by atoms with Crippen LogP contribution in [0, 0.1) is 5.82 Å².